The molecule has 0 aliphatic carbocycles. The highest BCUT2D eigenvalue weighted by Gasteiger charge is 2.17. The van der Waals surface area contributed by atoms with Crippen LogP contribution in [0.3, 0.4) is 0 Å². The third kappa shape index (κ3) is 4.43. The van der Waals surface area contributed by atoms with Crippen molar-refractivity contribution < 1.29 is 23.8 Å². The summed E-state index contributed by atoms with van der Waals surface area (Å²) in [6, 6.07) is 10.7. The number of fused-ring (bicyclic) bond motifs is 2. The maximum absolute atomic E-state index is 12.4. The van der Waals surface area contributed by atoms with Gasteiger partial charge >= 0.3 is 11.7 Å². The minimum atomic E-state index is -0.573. The van der Waals surface area contributed by atoms with Gasteiger partial charge in [-0.05, 0) is 28.1 Å². The van der Waals surface area contributed by atoms with Crippen molar-refractivity contribution in [1.29, 1.82) is 0 Å². The molecule has 1 aliphatic heterocycles. The molecule has 2 heterocycles. The summed E-state index contributed by atoms with van der Waals surface area (Å²) < 4.78 is 19.7. The molecule has 0 saturated carbocycles. The Morgan fingerprint density at radius 1 is 1.13 bits per heavy atom. The van der Waals surface area contributed by atoms with Crippen LogP contribution in [0, 0.1) is 0 Å². The molecule has 0 unspecified atom stereocenters. The highest BCUT2D eigenvalue weighted by molar-refractivity contribution is 9.10. The van der Waals surface area contributed by atoms with Gasteiger partial charge in [0.15, 0.2) is 18.1 Å². The molecule has 31 heavy (non-hydrogen) atoms. The zero-order valence-corrected chi connectivity index (χ0v) is 18.3. The van der Waals surface area contributed by atoms with Crippen molar-refractivity contribution in [1.82, 2.24) is 9.13 Å². The number of esters is 1. The largest absolute Gasteiger partial charge is 0.486 e. The van der Waals surface area contributed by atoms with Gasteiger partial charge in [-0.25, -0.2) is 4.79 Å². The van der Waals surface area contributed by atoms with E-state index in [0.29, 0.717) is 34.9 Å². The molecule has 0 bridgehead atoms. The first kappa shape index (κ1) is 21.0. The van der Waals surface area contributed by atoms with Gasteiger partial charge in [-0.15, -0.1) is 0 Å². The molecule has 1 aromatic heterocycles. The number of anilines is 1. The van der Waals surface area contributed by atoms with Crippen LogP contribution < -0.4 is 20.5 Å². The van der Waals surface area contributed by atoms with Crippen LogP contribution in [-0.2, 0) is 27.9 Å². The fraction of sp³-hybridized carbons (Fsp3) is 0.286. The fourth-order valence-corrected chi connectivity index (χ4v) is 3.77. The zero-order chi connectivity index (χ0) is 22.0. The maximum Gasteiger partial charge on any atom is 0.328 e. The number of ether oxygens (including phenoxy) is 3. The molecular formula is C21H20BrN3O6. The Kier molecular flexibility index (Phi) is 5.99. The van der Waals surface area contributed by atoms with Crippen molar-refractivity contribution in [3.05, 3.63) is 51.4 Å². The molecule has 10 heteroatoms. The number of benzene rings is 2. The average Bonchev–Trinajstić information content (AvgIpc) is 3.01. The van der Waals surface area contributed by atoms with E-state index in [1.54, 1.807) is 19.2 Å². The van der Waals surface area contributed by atoms with E-state index < -0.39 is 18.5 Å². The minimum absolute atomic E-state index is 0.0328. The Morgan fingerprint density at radius 2 is 1.81 bits per heavy atom. The number of amides is 1. The van der Waals surface area contributed by atoms with E-state index in [1.165, 1.54) is 9.13 Å². The molecule has 4 rings (SSSR count). The summed E-state index contributed by atoms with van der Waals surface area (Å²) in [5.74, 6) is 0.0535. The average molecular weight is 490 g/mol. The van der Waals surface area contributed by atoms with Crippen molar-refractivity contribution >= 4 is 44.5 Å². The molecular weight excluding hydrogens is 470 g/mol. The molecule has 0 spiro atoms. The summed E-state index contributed by atoms with van der Waals surface area (Å²) in [5.41, 5.74) is 1.79. The molecule has 1 aliphatic rings. The Morgan fingerprint density at radius 3 is 2.55 bits per heavy atom. The lowest BCUT2D eigenvalue weighted by Gasteiger charge is -2.20. The van der Waals surface area contributed by atoms with Crippen molar-refractivity contribution in [3.63, 3.8) is 0 Å². The minimum Gasteiger partial charge on any atom is -0.486 e. The van der Waals surface area contributed by atoms with Crippen LogP contribution in [0.5, 0.6) is 11.5 Å². The molecule has 1 amide bonds. The van der Waals surface area contributed by atoms with E-state index >= 15 is 0 Å². The first-order valence-electron chi connectivity index (χ1n) is 9.63. The number of carbonyl (C=O) groups excluding carboxylic acids is 2. The van der Waals surface area contributed by atoms with E-state index in [-0.39, 0.29) is 18.7 Å². The van der Waals surface area contributed by atoms with Crippen LogP contribution in [-0.4, -0.2) is 40.8 Å². The first-order valence-corrected chi connectivity index (χ1v) is 10.4. The zero-order valence-electron chi connectivity index (χ0n) is 16.7. The predicted octanol–water partition coefficient (Wildman–Crippen LogP) is 2.45. The van der Waals surface area contributed by atoms with Crippen LogP contribution >= 0.6 is 15.9 Å². The number of rotatable bonds is 6. The monoisotopic (exact) mass is 489 g/mol. The Balaban J connectivity index is 1.32. The third-order valence-electron chi connectivity index (χ3n) is 4.86. The van der Waals surface area contributed by atoms with Gasteiger partial charge in [-0.3, -0.25) is 18.7 Å². The summed E-state index contributed by atoms with van der Waals surface area (Å²) in [7, 11) is 1.68. The first-order chi connectivity index (χ1) is 14.9. The van der Waals surface area contributed by atoms with Crippen LogP contribution in [0.4, 0.5) is 5.69 Å². The fourth-order valence-electron chi connectivity index (χ4n) is 3.35. The van der Waals surface area contributed by atoms with Crippen molar-refractivity contribution in [3.8, 4) is 11.5 Å². The molecule has 1 N–H and O–H groups in total. The van der Waals surface area contributed by atoms with E-state index in [0.717, 1.165) is 11.0 Å². The van der Waals surface area contributed by atoms with Crippen molar-refractivity contribution in [2.75, 3.05) is 25.1 Å². The van der Waals surface area contributed by atoms with E-state index in [9.17, 15) is 14.4 Å². The third-order valence-corrected chi connectivity index (χ3v) is 5.52. The number of nitrogens with one attached hydrogen (secondary N) is 1. The summed E-state index contributed by atoms with van der Waals surface area (Å²) in [6.45, 7) is 0.615. The second-order valence-corrected chi connectivity index (χ2v) is 7.77. The SMILES string of the molecule is Cn1c(=O)n(CCC(=O)OCC(=O)Nc2cc3c(cc2Br)OCCO3)c2ccccc21. The van der Waals surface area contributed by atoms with Gasteiger partial charge in [0, 0.05) is 30.2 Å². The molecule has 0 atom stereocenters. The standard InChI is InChI=1S/C21H20BrN3O6/c1-24-15-4-2-3-5-16(15)25(21(24)28)7-6-20(27)31-12-19(26)23-14-11-18-17(10-13(14)22)29-8-9-30-18/h2-5,10-11H,6-9,12H2,1H3,(H,23,26). The number of halogens is 1. The topological polar surface area (TPSA) is 101 Å². The van der Waals surface area contributed by atoms with E-state index in [1.807, 2.05) is 24.3 Å². The van der Waals surface area contributed by atoms with Crippen LogP contribution in [0.15, 0.2) is 45.7 Å². The summed E-state index contributed by atoms with van der Waals surface area (Å²) in [5, 5.41) is 2.67. The van der Waals surface area contributed by atoms with Gasteiger partial charge in [0.05, 0.1) is 23.1 Å². The van der Waals surface area contributed by atoms with Crippen molar-refractivity contribution in [2.45, 2.75) is 13.0 Å². The van der Waals surface area contributed by atoms with Crippen molar-refractivity contribution in [2.24, 2.45) is 7.05 Å². The number of para-hydroxylation sites is 2. The number of carbonyl (C=O) groups is 2. The molecule has 3 aromatic rings. The number of nitrogens with zero attached hydrogens (tertiary/aromatic N) is 2. The van der Waals surface area contributed by atoms with Crippen LogP contribution in [0.25, 0.3) is 11.0 Å². The smallest absolute Gasteiger partial charge is 0.328 e. The summed E-state index contributed by atoms with van der Waals surface area (Å²) >= 11 is 3.37. The van der Waals surface area contributed by atoms with E-state index in [2.05, 4.69) is 21.2 Å². The molecule has 2 aromatic carbocycles. The summed E-state index contributed by atoms with van der Waals surface area (Å²) in [4.78, 5) is 36.7. The van der Waals surface area contributed by atoms with Gasteiger partial charge in [0.2, 0.25) is 0 Å². The normalized spacial score (nSPS) is 12.6. The van der Waals surface area contributed by atoms with Gasteiger partial charge in [-0.2, -0.15) is 0 Å². The number of hydrogen-bond acceptors (Lipinski definition) is 6. The van der Waals surface area contributed by atoms with Crippen LogP contribution in [0.2, 0.25) is 0 Å². The second kappa shape index (κ2) is 8.84. The highest BCUT2D eigenvalue weighted by Crippen LogP contribution is 2.38. The molecule has 0 fully saturated rings. The molecule has 0 radical (unpaired) electrons. The molecule has 0 saturated heterocycles. The van der Waals surface area contributed by atoms with Gasteiger partial charge < -0.3 is 19.5 Å². The van der Waals surface area contributed by atoms with Gasteiger partial charge in [0.25, 0.3) is 5.91 Å². The number of imidazole rings is 1. The lowest BCUT2D eigenvalue weighted by Crippen LogP contribution is -2.25. The van der Waals surface area contributed by atoms with Gasteiger partial charge in [-0.1, -0.05) is 12.1 Å². The second-order valence-electron chi connectivity index (χ2n) is 6.92. The van der Waals surface area contributed by atoms with Crippen LogP contribution in [0.1, 0.15) is 6.42 Å². The number of aromatic nitrogens is 2. The Bertz CT molecular complexity index is 1220. The summed E-state index contributed by atoms with van der Waals surface area (Å²) in [6.07, 6.45) is -0.0328. The molecule has 9 nitrogen and oxygen atoms in total. The lowest BCUT2D eigenvalue weighted by molar-refractivity contribution is -0.147. The lowest BCUT2D eigenvalue weighted by atomic mass is 10.2. The Labute approximate surface area is 185 Å². The molecule has 162 valence electrons. The van der Waals surface area contributed by atoms with E-state index in [4.69, 9.17) is 14.2 Å². The number of hydrogen-bond donors (Lipinski definition) is 1. The highest BCUT2D eigenvalue weighted by atomic mass is 79.9. The van der Waals surface area contributed by atoms with Gasteiger partial charge in [0.1, 0.15) is 13.2 Å². The number of aryl methyl sites for hydroxylation is 2. The maximum atomic E-state index is 12.4. The quantitative estimate of drug-likeness (QED) is 0.533. The Hall–Kier alpha value is -3.27. The predicted molar refractivity (Wildman–Crippen MR) is 117 cm³/mol.